The van der Waals surface area contributed by atoms with Gasteiger partial charge in [0.2, 0.25) is 0 Å². The third kappa shape index (κ3) is 3.03. The maximum Gasteiger partial charge on any atom is 0.146 e. The van der Waals surface area contributed by atoms with E-state index in [9.17, 15) is 0 Å². The Morgan fingerprint density at radius 1 is 1.35 bits per heavy atom. The van der Waals surface area contributed by atoms with E-state index in [1.807, 2.05) is 25.1 Å². The molecule has 1 atom stereocenters. The summed E-state index contributed by atoms with van der Waals surface area (Å²) in [7, 11) is 0. The van der Waals surface area contributed by atoms with E-state index in [0.717, 1.165) is 19.6 Å². The smallest absolute Gasteiger partial charge is 0.146 e. The highest BCUT2D eigenvalue weighted by Gasteiger charge is 2.17. The van der Waals surface area contributed by atoms with Gasteiger partial charge in [0.1, 0.15) is 17.2 Å². The van der Waals surface area contributed by atoms with Crippen LogP contribution in [0.15, 0.2) is 18.2 Å². The van der Waals surface area contributed by atoms with Gasteiger partial charge in [-0.15, -0.1) is 0 Å². The molecule has 4 heteroatoms. The number of benzene rings is 1. The van der Waals surface area contributed by atoms with Crippen LogP contribution in [0.3, 0.4) is 0 Å². The molecule has 0 aromatic heterocycles. The molecule has 0 amide bonds. The summed E-state index contributed by atoms with van der Waals surface area (Å²) in [4.78, 5) is 0. The van der Waals surface area contributed by atoms with Gasteiger partial charge >= 0.3 is 0 Å². The van der Waals surface area contributed by atoms with Crippen molar-refractivity contribution in [2.75, 3.05) is 32.2 Å². The molecular formula is C13H19NO3. The quantitative estimate of drug-likeness (QED) is 0.797. The molecule has 1 heterocycles. The van der Waals surface area contributed by atoms with Crippen molar-refractivity contribution in [3.8, 4) is 11.5 Å². The second-order valence-electron chi connectivity index (χ2n) is 4.14. The predicted molar refractivity (Wildman–Crippen MR) is 66.4 cm³/mol. The molecule has 0 aliphatic carbocycles. The lowest BCUT2D eigenvalue weighted by Gasteiger charge is -2.14. The summed E-state index contributed by atoms with van der Waals surface area (Å²) in [5, 5.41) is 0. The van der Waals surface area contributed by atoms with Crippen LogP contribution in [-0.2, 0) is 4.74 Å². The van der Waals surface area contributed by atoms with Gasteiger partial charge in [-0.1, -0.05) is 6.07 Å². The molecule has 1 saturated heterocycles. The van der Waals surface area contributed by atoms with Crippen LogP contribution >= 0.6 is 0 Å². The van der Waals surface area contributed by atoms with E-state index in [1.165, 1.54) is 0 Å². The van der Waals surface area contributed by atoms with E-state index in [2.05, 4.69) is 0 Å². The lowest BCUT2D eigenvalue weighted by atomic mass is 10.1. The average Bonchev–Trinajstić information content (AvgIpc) is 2.83. The molecule has 1 aliphatic rings. The van der Waals surface area contributed by atoms with Crippen molar-refractivity contribution in [2.24, 2.45) is 5.92 Å². The highest BCUT2D eigenvalue weighted by molar-refractivity contribution is 5.62. The fourth-order valence-corrected chi connectivity index (χ4v) is 1.85. The summed E-state index contributed by atoms with van der Waals surface area (Å²) >= 11 is 0. The summed E-state index contributed by atoms with van der Waals surface area (Å²) in [6.07, 6.45) is 1.06. The van der Waals surface area contributed by atoms with Crippen molar-refractivity contribution in [3.05, 3.63) is 18.2 Å². The maximum absolute atomic E-state index is 5.97. The van der Waals surface area contributed by atoms with Crippen LogP contribution in [-0.4, -0.2) is 26.4 Å². The molecule has 1 fully saturated rings. The number of anilines is 1. The first-order chi connectivity index (χ1) is 8.31. The van der Waals surface area contributed by atoms with E-state index >= 15 is 0 Å². The van der Waals surface area contributed by atoms with Crippen LogP contribution in [0.4, 0.5) is 5.69 Å². The second kappa shape index (κ2) is 5.77. The maximum atomic E-state index is 5.97. The molecule has 17 heavy (non-hydrogen) atoms. The van der Waals surface area contributed by atoms with Gasteiger partial charge in [-0.05, 0) is 25.5 Å². The van der Waals surface area contributed by atoms with Crippen LogP contribution in [0, 0.1) is 5.92 Å². The van der Waals surface area contributed by atoms with Crippen molar-refractivity contribution < 1.29 is 14.2 Å². The molecular weight excluding hydrogens is 218 g/mol. The molecule has 2 N–H and O–H groups in total. The first kappa shape index (κ1) is 12.0. The van der Waals surface area contributed by atoms with Crippen LogP contribution in [0.1, 0.15) is 13.3 Å². The van der Waals surface area contributed by atoms with E-state index in [0.29, 0.717) is 36.3 Å². The van der Waals surface area contributed by atoms with Crippen LogP contribution in [0.2, 0.25) is 0 Å². The van der Waals surface area contributed by atoms with Gasteiger partial charge in [0, 0.05) is 12.5 Å². The van der Waals surface area contributed by atoms with Gasteiger partial charge in [-0.2, -0.15) is 0 Å². The van der Waals surface area contributed by atoms with Crippen molar-refractivity contribution in [1.82, 2.24) is 0 Å². The molecule has 1 unspecified atom stereocenters. The highest BCUT2D eigenvalue weighted by atomic mass is 16.5. The number of hydrogen-bond donors (Lipinski definition) is 1. The van der Waals surface area contributed by atoms with E-state index in [-0.39, 0.29) is 0 Å². The number of para-hydroxylation sites is 1. The third-order valence-corrected chi connectivity index (χ3v) is 2.82. The second-order valence-corrected chi connectivity index (χ2v) is 4.14. The standard InChI is InChI=1S/C13H19NO3/c1-2-16-11-4-3-5-12(13(11)14)17-9-10-6-7-15-8-10/h3-5,10H,2,6-9,14H2,1H3. The van der Waals surface area contributed by atoms with Gasteiger partial charge < -0.3 is 19.9 Å². The number of ether oxygens (including phenoxy) is 3. The van der Waals surface area contributed by atoms with Crippen LogP contribution in [0.25, 0.3) is 0 Å². The minimum absolute atomic E-state index is 0.477. The predicted octanol–water partition coefficient (Wildman–Crippen LogP) is 2.08. The van der Waals surface area contributed by atoms with Gasteiger partial charge in [-0.3, -0.25) is 0 Å². The zero-order valence-electron chi connectivity index (χ0n) is 10.1. The molecule has 0 saturated carbocycles. The molecule has 2 rings (SSSR count). The van der Waals surface area contributed by atoms with Crippen molar-refractivity contribution in [1.29, 1.82) is 0 Å². The minimum atomic E-state index is 0.477. The molecule has 1 aliphatic heterocycles. The Balaban J connectivity index is 1.97. The topological polar surface area (TPSA) is 53.7 Å². The van der Waals surface area contributed by atoms with Gasteiger partial charge in [0.05, 0.1) is 19.8 Å². The van der Waals surface area contributed by atoms with Gasteiger partial charge in [0.25, 0.3) is 0 Å². The fraction of sp³-hybridized carbons (Fsp3) is 0.538. The monoisotopic (exact) mass is 237 g/mol. The Morgan fingerprint density at radius 3 is 2.76 bits per heavy atom. The van der Waals surface area contributed by atoms with Crippen LogP contribution in [0.5, 0.6) is 11.5 Å². The third-order valence-electron chi connectivity index (χ3n) is 2.82. The van der Waals surface area contributed by atoms with E-state index in [4.69, 9.17) is 19.9 Å². The average molecular weight is 237 g/mol. The normalized spacial score (nSPS) is 19.2. The largest absolute Gasteiger partial charge is 0.492 e. The molecule has 94 valence electrons. The molecule has 1 aromatic rings. The Hall–Kier alpha value is -1.42. The summed E-state index contributed by atoms with van der Waals surface area (Å²) in [5.74, 6) is 1.86. The molecule has 4 nitrogen and oxygen atoms in total. The lowest BCUT2D eigenvalue weighted by molar-refractivity contribution is 0.167. The summed E-state index contributed by atoms with van der Waals surface area (Å²) in [5.41, 5.74) is 6.55. The first-order valence-electron chi connectivity index (χ1n) is 6.03. The Labute approximate surface area is 102 Å². The summed E-state index contributed by atoms with van der Waals surface area (Å²) in [6, 6.07) is 5.61. The SMILES string of the molecule is CCOc1cccc(OCC2CCOC2)c1N. The van der Waals surface area contributed by atoms with Crippen molar-refractivity contribution in [2.45, 2.75) is 13.3 Å². The Kier molecular flexibility index (Phi) is 4.09. The molecule has 0 radical (unpaired) electrons. The molecule has 0 bridgehead atoms. The summed E-state index contributed by atoms with van der Waals surface area (Å²) < 4.78 is 16.4. The number of rotatable bonds is 5. The lowest BCUT2D eigenvalue weighted by Crippen LogP contribution is -2.12. The van der Waals surface area contributed by atoms with Crippen LogP contribution < -0.4 is 15.2 Å². The first-order valence-corrected chi connectivity index (χ1v) is 6.03. The highest BCUT2D eigenvalue weighted by Crippen LogP contribution is 2.31. The number of hydrogen-bond acceptors (Lipinski definition) is 4. The summed E-state index contributed by atoms with van der Waals surface area (Å²) in [6.45, 7) is 4.81. The number of nitrogens with two attached hydrogens (primary N) is 1. The molecule has 0 spiro atoms. The zero-order chi connectivity index (χ0) is 12.1. The van der Waals surface area contributed by atoms with Gasteiger partial charge in [0.15, 0.2) is 0 Å². The zero-order valence-corrected chi connectivity index (χ0v) is 10.1. The van der Waals surface area contributed by atoms with Crippen molar-refractivity contribution in [3.63, 3.8) is 0 Å². The Bertz CT molecular complexity index is 362. The fourth-order valence-electron chi connectivity index (χ4n) is 1.85. The van der Waals surface area contributed by atoms with E-state index in [1.54, 1.807) is 0 Å². The minimum Gasteiger partial charge on any atom is -0.492 e. The van der Waals surface area contributed by atoms with Gasteiger partial charge in [-0.25, -0.2) is 0 Å². The molecule has 1 aromatic carbocycles. The van der Waals surface area contributed by atoms with Crippen molar-refractivity contribution >= 4 is 5.69 Å². The van der Waals surface area contributed by atoms with E-state index < -0.39 is 0 Å². The number of nitrogen functional groups attached to an aromatic ring is 1. The Morgan fingerprint density at radius 2 is 2.12 bits per heavy atom.